The molecule has 1 fully saturated rings. The summed E-state index contributed by atoms with van der Waals surface area (Å²) in [6.07, 6.45) is 3.04. The molecule has 7 heteroatoms. The number of hydrogen-bond donors (Lipinski definition) is 2. The molecule has 1 aliphatic rings. The van der Waals surface area contributed by atoms with Crippen molar-refractivity contribution >= 4 is 23.1 Å². The predicted octanol–water partition coefficient (Wildman–Crippen LogP) is 4.12. The summed E-state index contributed by atoms with van der Waals surface area (Å²) in [6, 6.07) is 14.0. The lowest BCUT2D eigenvalue weighted by molar-refractivity contribution is -0.132. The van der Waals surface area contributed by atoms with E-state index >= 15 is 0 Å². The number of ether oxygens (including phenoxy) is 1. The molecule has 7 nitrogen and oxygen atoms in total. The normalized spacial score (nSPS) is 17.6. The number of carbonyl (C=O) groups is 2. The van der Waals surface area contributed by atoms with E-state index in [1.165, 1.54) is 17.2 Å². The number of benzene rings is 2. The molecule has 0 spiro atoms. The molecule has 162 valence electrons. The number of aromatic nitrogens is 1. The van der Waals surface area contributed by atoms with E-state index in [4.69, 9.17) is 4.74 Å². The maximum absolute atomic E-state index is 13.1. The minimum Gasteiger partial charge on any atom is -0.507 e. The van der Waals surface area contributed by atoms with Crippen LogP contribution < -0.4 is 9.64 Å². The first-order chi connectivity index (χ1) is 15.4. The van der Waals surface area contributed by atoms with E-state index in [2.05, 4.69) is 4.98 Å². The molecule has 3 aromatic rings. The molecule has 2 heterocycles. The standard InChI is InChI=1S/C25H22N2O5/c1-3-32-20-13-17(10-11-19(20)28)22-21(23(29)16-8-6-15(2)7-9-16)24(30)25(31)27(22)18-5-4-12-26-14-18/h4-14,22,28-29H,3H2,1-2H3/t22-/m0/s1. The zero-order chi connectivity index (χ0) is 22.8. The molecular formula is C25H22N2O5. The topological polar surface area (TPSA) is 100.0 Å². The van der Waals surface area contributed by atoms with Crippen LogP contribution in [0.25, 0.3) is 5.76 Å². The van der Waals surface area contributed by atoms with Gasteiger partial charge in [-0.25, -0.2) is 0 Å². The van der Waals surface area contributed by atoms with Crippen LogP contribution in [0.3, 0.4) is 0 Å². The van der Waals surface area contributed by atoms with E-state index in [9.17, 15) is 19.8 Å². The number of Topliss-reactive ketones (excluding diaryl/α,β-unsaturated/α-hetero) is 1. The lowest BCUT2D eigenvalue weighted by atomic mass is 9.94. The number of hydrogen-bond acceptors (Lipinski definition) is 6. The minimum atomic E-state index is -0.930. The van der Waals surface area contributed by atoms with Crippen molar-refractivity contribution in [2.45, 2.75) is 19.9 Å². The van der Waals surface area contributed by atoms with Crippen LogP contribution >= 0.6 is 0 Å². The lowest BCUT2D eigenvalue weighted by Crippen LogP contribution is -2.29. The van der Waals surface area contributed by atoms with Gasteiger partial charge in [0.25, 0.3) is 11.7 Å². The average Bonchev–Trinajstić information content (AvgIpc) is 3.06. The summed E-state index contributed by atoms with van der Waals surface area (Å²) in [7, 11) is 0. The van der Waals surface area contributed by atoms with Gasteiger partial charge in [0.05, 0.1) is 30.1 Å². The smallest absolute Gasteiger partial charge is 0.300 e. The van der Waals surface area contributed by atoms with Gasteiger partial charge in [0, 0.05) is 11.8 Å². The van der Waals surface area contributed by atoms with E-state index < -0.39 is 17.7 Å². The SMILES string of the molecule is CCOc1cc([C@H]2C(=C(O)c3ccc(C)cc3)C(=O)C(=O)N2c2cccnc2)ccc1O. The second-order valence-corrected chi connectivity index (χ2v) is 7.41. The molecule has 0 saturated carbocycles. The molecule has 1 saturated heterocycles. The van der Waals surface area contributed by atoms with Crippen molar-refractivity contribution in [1.29, 1.82) is 0 Å². The van der Waals surface area contributed by atoms with Gasteiger partial charge in [-0.2, -0.15) is 0 Å². The van der Waals surface area contributed by atoms with E-state index in [1.807, 2.05) is 19.1 Å². The van der Waals surface area contributed by atoms with Crippen LogP contribution in [0.1, 0.15) is 29.7 Å². The number of ketones is 1. The van der Waals surface area contributed by atoms with Crippen molar-refractivity contribution in [3.8, 4) is 11.5 Å². The molecule has 1 aromatic heterocycles. The highest BCUT2D eigenvalue weighted by Crippen LogP contribution is 2.43. The third-order valence-corrected chi connectivity index (χ3v) is 5.29. The Morgan fingerprint density at radius 1 is 1.12 bits per heavy atom. The van der Waals surface area contributed by atoms with Crippen molar-refractivity contribution in [2.75, 3.05) is 11.5 Å². The van der Waals surface area contributed by atoms with Gasteiger partial charge in [-0.1, -0.05) is 35.9 Å². The first-order valence-corrected chi connectivity index (χ1v) is 10.2. The van der Waals surface area contributed by atoms with Gasteiger partial charge < -0.3 is 14.9 Å². The molecule has 0 radical (unpaired) electrons. The second-order valence-electron chi connectivity index (χ2n) is 7.41. The highest BCUT2D eigenvalue weighted by molar-refractivity contribution is 6.51. The van der Waals surface area contributed by atoms with E-state index in [0.717, 1.165) is 5.56 Å². The van der Waals surface area contributed by atoms with Gasteiger partial charge in [-0.05, 0) is 43.7 Å². The molecule has 0 unspecified atom stereocenters. The van der Waals surface area contributed by atoms with Crippen molar-refractivity contribution in [2.24, 2.45) is 0 Å². The first-order valence-electron chi connectivity index (χ1n) is 10.2. The van der Waals surface area contributed by atoms with E-state index in [-0.39, 0.29) is 22.8 Å². The zero-order valence-electron chi connectivity index (χ0n) is 17.6. The van der Waals surface area contributed by atoms with Crippen molar-refractivity contribution in [1.82, 2.24) is 4.98 Å². The molecule has 2 N–H and O–H groups in total. The van der Waals surface area contributed by atoms with Gasteiger partial charge in [0.1, 0.15) is 5.76 Å². The molecule has 0 aliphatic carbocycles. The minimum absolute atomic E-state index is 0.0455. The van der Waals surface area contributed by atoms with E-state index in [0.29, 0.717) is 23.4 Å². The highest BCUT2D eigenvalue weighted by atomic mass is 16.5. The molecule has 0 bridgehead atoms. The summed E-state index contributed by atoms with van der Waals surface area (Å²) in [5.41, 5.74) is 2.29. The maximum Gasteiger partial charge on any atom is 0.300 e. The molecule has 1 amide bonds. The number of aliphatic hydroxyl groups excluding tert-OH is 1. The number of phenols is 1. The fraction of sp³-hybridized carbons (Fsp3) is 0.160. The number of rotatable bonds is 5. The van der Waals surface area contributed by atoms with Gasteiger partial charge >= 0.3 is 0 Å². The van der Waals surface area contributed by atoms with Gasteiger partial charge in [0.15, 0.2) is 11.5 Å². The third-order valence-electron chi connectivity index (χ3n) is 5.29. The Labute approximate surface area is 185 Å². The zero-order valence-corrected chi connectivity index (χ0v) is 17.6. The van der Waals surface area contributed by atoms with Gasteiger partial charge in [-0.15, -0.1) is 0 Å². The number of amides is 1. The molecular weight excluding hydrogens is 408 g/mol. The molecule has 1 atom stereocenters. The third kappa shape index (κ3) is 3.69. The molecule has 4 rings (SSSR count). The summed E-state index contributed by atoms with van der Waals surface area (Å²) < 4.78 is 5.50. The van der Waals surface area contributed by atoms with Crippen LogP contribution in [0.4, 0.5) is 5.69 Å². The first kappa shape index (κ1) is 21.1. The van der Waals surface area contributed by atoms with Crippen molar-refractivity contribution in [3.63, 3.8) is 0 Å². The maximum atomic E-state index is 13.1. The van der Waals surface area contributed by atoms with Gasteiger partial charge in [0.2, 0.25) is 0 Å². The fourth-order valence-electron chi connectivity index (χ4n) is 3.75. The fourth-order valence-corrected chi connectivity index (χ4v) is 3.75. The van der Waals surface area contributed by atoms with Crippen LogP contribution in [0.15, 0.2) is 72.6 Å². The summed E-state index contributed by atoms with van der Waals surface area (Å²) in [5.74, 6) is -1.69. The number of aliphatic hydroxyl groups is 1. The number of pyridine rings is 1. The summed E-state index contributed by atoms with van der Waals surface area (Å²) >= 11 is 0. The van der Waals surface area contributed by atoms with Gasteiger partial charge in [-0.3, -0.25) is 19.5 Å². The van der Waals surface area contributed by atoms with Crippen molar-refractivity contribution in [3.05, 3.63) is 89.3 Å². The number of nitrogens with zero attached hydrogens (tertiary/aromatic N) is 2. The van der Waals surface area contributed by atoms with Crippen LogP contribution in [-0.4, -0.2) is 33.5 Å². The Hall–Kier alpha value is -4.13. The van der Waals surface area contributed by atoms with E-state index in [1.54, 1.807) is 49.5 Å². The number of phenolic OH excluding ortho intramolecular Hbond substituents is 1. The molecule has 1 aliphatic heterocycles. The Bertz CT molecular complexity index is 1200. The highest BCUT2D eigenvalue weighted by Gasteiger charge is 2.47. The molecule has 2 aromatic carbocycles. The monoisotopic (exact) mass is 430 g/mol. The molecule has 32 heavy (non-hydrogen) atoms. The number of carbonyl (C=O) groups excluding carboxylic acids is 2. The Morgan fingerprint density at radius 3 is 2.53 bits per heavy atom. The quantitative estimate of drug-likeness (QED) is 0.359. The van der Waals surface area contributed by atoms with Crippen LogP contribution in [0.2, 0.25) is 0 Å². The second kappa shape index (κ2) is 8.55. The number of aromatic hydroxyl groups is 1. The Balaban J connectivity index is 1.95. The average molecular weight is 430 g/mol. The number of anilines is 1. The Kier molecular flexibility index (Phi) is 5.64. The summed E-state index contributed by atoms with van der Waals surface area (Å²) in [6.45, 7) is 4.02. The van der Waals surface area contributed by atoms with Crippen LogP contribution in [-0.2, 0) is 9.59 Å². The lowest BCUT2D eigenvalue weighted by Gasteiger charge is -2.25. The van der Waals surface area contributed by atoms with Crippen molar-refractivity contribution < 1.29 is 24.5 Å². The number of aryl methyl sites for hydroxylation is 1. The Morgan fingerprint density at radius 2 is 1.88 bits per heavy atom. The predicted molar refractivity (Wildman–Crippen MR) is 119 cm³/mol. The largest absolute Gasteiger partial charge is 0.507 e. The van der Waals surface area contributed by atoms with Crippen LogP contribution in [0.5, 0.6) is 11.5 Å². The van der Waals surface area contributed by atoms with Crippen LogP contribution in [0, 0.1) is 6.92 Å². The summed E-state index contributed by atoms with van der Waals surface area (Å²) in [5, 5.41) is 21.2. The summed E-state index contributed by atoms with van der Waals surface area (Å²) in [4.78, 5) is 31.6.